The van der Waals surface area contributed by atoms with E-state index < -0.39 is 11.7 Å². The maximum Gasteiger partial charge on any atom is 0.299 e. The molecule has 5 heteroatoms. The zero-order valence-electron chi connectivity index (χ0n) is 10.2. The lowest BCUT2D eigenvalue weighted by Crippen LogP contribution is -2.31. The van der Waals surface area contributed by atoms with Crippen molar-refractivity contribution < 1.29 is 9.59 Å². The Labute approximate surface area is 119 Å². The van der Waals surface area contributed by atoms with Gasteiger partial charge in [-0.3, -0.25) is 9.59 Å². The summed E-state index contributed by atoms with van der Waals surface area (Å²) in [6.07, 6.45) is 0.838. The van der Waals surface area contributed by atoms with E-state index in [4.69, 9.17) is 11.6 Å². The third-order valence-corrected chi connectivity index (χ3v) is 3.66. The second-order valence-electron chi connectivity index (χ2n) is 4.75. The zero-order chi connectivity index (χ0) is 13.4. The Balaban J connectivity index is 2.42. The number of hydrogen-bond acceptors (Lipinski definition) is 2. The highest BCUT2D eigenvalue weighted by Gasteiger charge is 2.37. The summed E-state index contributed by atoms with van der Waals surface area (Å²) in [6, 6.07) is 3.35. The topological polar surface area (TPSA) is 37.4 Å². The molecule has 1 heterocycles. The van der Waals surface area contributed by atoms with Crippen molar-refractivity contribution >= 4 is 44.9 Å². The van der Waals surface area contributed by atoms with Gasteiger partial charge in [0.25, 0.3) is 11.7 Å². The summed E-state index contributed by atoms with van der Waals surface area (Å²) in [6.45, 7) is 4.68. The molecule has 0 spiro atoms. The van der Waals surface area contributed by atoms with Crippen molar-refractivity contribution in [2.75, 3.05) is 11.4 Å². The molecular formula is C13H13BrClNO2. The Morgan fingerprint density at radius 1 is 1.33 bits per heavy atom. The zero-order valence-corrected chi connectivity index (χ0v) is 12.5. The summed E-state index contributed by atoms with van der Waals surface area (Å²) < 4.78 is 0.707. The van der Waals surface area contributed by atoms with Crippen LogP contribution in [0.25, 0.3) is 0 Å². The van der Waals surface area contributed by atoms with Gasteiger partial charge in [0, 0.05) is 11.0 Å². The van der Waals surface area contributed by atoms with Crippen molar-refractivity contribution in [1.82, 2.24) is 0 Å². The number of Topliss-reactive ketones (excluding diaryl/α,β-unsaturated/α-hetero) is 1. The van der Waals surface area contributed by atoms with Crippen LogP contribution in [0.15, 0.2) is 16.6 Å². The van der Waals surface area contributed by atoms with Gasteiger partial charge in [-0.05, 0) is 24.5 Å². The van der Waals surface area contributed by atoms with Crippen LogP contribution in [0.3, 0.4) is 0 Å². The number of halogens is 2. The normalized spacial score (nSPS) is 14.6. The molecule has 0 aliphatic carbocycles. The van der Waals surface area contributed by atoms with Gasteiger partial charge in [-0.25, -0.2) is 0 Å². The molecule has 0 saturated heterocycles. The number of amides is 1. The Kier molecular flexibility index (Phi) is 3.78. The number of anilines is 1. The first-order chi connectivity index (χ1) is 8.41. The van der Waals surface area contributed by atoms with Gasteiger partial charge in [0.1, 0.15) is 0 Å². The highest BCUT2D eigenvalue weighted by atomic mass is 79.9. The molecule has 1 aliphatic rings. The Hall–Kier alpha value is -0.870. The minimum Gasteiger partial charge on any atom is -0.303 e. The van der Waals surface area contributed by atoms with Crippen molar-refractivity contribution in [3.8, 4) is 0 Å². The molecule has 1 aromatic carbocycles. The number of carbonyl (C=O) groups excluding carboxylic acids is 2. The third kappa shape index (κ3) is 2.31. The lowest BCUT2D eigenvalue weighted by Gasteiger charge is -2.18. The van der Waals surface area contributed by atoms with Crippen LogP contribution in [0.4, 0.5) is 5.69 Å². The molecule has 2 rings (SSSR count). The Morgan fingerprint density at radius 3 is 2.61 bits per heavy atom. The van der Waals surface area contributed by atoms with Gasteiger partial charge in [0.05, 0.1) is 16.3 Å². The second-order valence-corrected chi connectivity index (χ2v) is 6.08. The lowest BCUT2D eigenvalue weighted by atomic mass is 10.1. The third-order valence-electron chi connectivity index (χ3n) is 2.91. The fourth-order valence-electron chi connectivity index (χ4n) is 1.95. The molecule has 3 nitrogen and oxygen atoms in total. The molecule has 0 bridgehead atoms. The highest BCUT2D eigenvalue weighted by Crippen LogP contribution is 2.38. The van der Waals surface area contributed by atoms with Crippen LogP contribution < -0.4 is 4.90 Å². The number of fused-ring (bicyclic) bond motifs is 1. The summed E-state index contributed by atoms with van der Waals surface area (Å²) in [5.41, 5.74) is 0.943. The Bertz CT molecular complexity index is 528. The maximum absolute atomic E-state index is 11.9. The predicted octanol–water partition coefficient (Wildman–Crippen LogP) is 3.68. The molecule has 0 aromatic heterocycles. The monoisotopic (exact) mass is 329 g/mol. The fraction of sp³-hybridized carbons (Fsp3) is 0.385. The van der Waals surface area contributed by atoms with E-state index >= 15 is 0 Å². The molecule has 96 valence electrons. The second kappa shape index (κ2) is 5.02. The van der Waals surface area contributed by atoms with Crippen molar-refractivity contribution in [1.29, 1.82) is 0 Å². The largest absolute Gasteiger partial charge is 0.303 e. The molecule has 1 aromatic rings. The summed E-state index contributed by atoms with van der Waals surface area (Å²) in [5, 5.41) is 0.433. The minimum atomic E-state index is -0.481. The molecule has 0 atom stereocenters. The van der Waals surface area contributed by atoms with Gasteiger partial charge in [-0.2, -0.15) is 0 Å². The number of ketones is 1. The molecule has 1 amide bonds. The van der Waals surface area contributed by atoms with Gasteiger partial charge < -0.3 is 4.90 Å². The number of nitrogens with zero attached hydrogens (tertiary/aromatic N) is 1. The van der Waals surface area contributed by atoms with Crippen molar-refractivity contribution in [2.45, 2.75) is 20.3 Å². The number of rotatable bonds is 3. The van der Waals surface area contributed by atoms with Crippen molar-refractivity contribution in [2.24, 2.45) is 5.92 Å². The van der Waals surface area contributed by atoms with Gasteiger partial charge in [-0.15, -0.1) is 0 Å². The summed E-state index contributed by atoms with van der Waals surface area (Å²) in [7, 11) is 0. The summed E-state index contributed by atoms with van der Waals surface area (Å²) >= 11 is 9.42. The minimum absolute atomic E-state index is 0.392. The van der Waals surface area contributed by atoms with Crippen LogP contribution in [0.1, 0.15) is 30.6 Å². The number of hydrogen-bond donors (Lipinski definition) is 0. The van der Waals surface area contributed by atoms with E-state index in [0.717, 1.165) is 6.42 Å². The first kappa shape index (κ1) is 13.6. The first-order valence-corrected chi connectivity index (χ1v) is 6.94. The average molecular weight is 331 g/mol. The standard InChI is InChI=1S/C13H13BrClNO2/c1-7(2)3-4-16-11-9(12(17)13(16)18)5-8(14)6-10(11)15/h5-7H,3-4H2,1-2H3. The van der Waals surface area contributed by atoms with Crippen LogP contribution in [0.5, 0.6) is 0 Å². The van der Waals surface area contributed by atoms with E-state index in [2.05, 4.69) is 29.8 Å². The van der Waals surface area contributed by atoms with Crippen LogP contribution in [-0.2, 0) is 4.79 Å². The lowest BCUT2D eigenvalue weighted by molar-refractivity contribution is -0.114. The molecule has 0 unspecified atom stereocenters. The average Bonchev–Trinajstić information content (AvgIpc) is 2.51. The van der Waals surface area contributed by atoms with Crippen molar-refractivity contribution in [3.05, 3.63) is 27.2 Å². The van der Waals surface area contributed by atoms with Crippen LogP contribution in [-0.4, -0.2) is 18.2 Å². The molecule has 0 N–H and O–H groups in total. The van der Waals surface area contributed by atoms with Crippen LogP contribution >= 0.6 is 27.5 Å². The Morgan fingerprint density at radius 2 is 2.00 bits per heavy atom. The quantitative estimate of drug-likeness (QED) is 0.793. The van der Waals surface area contributed by atoms with Gasteiger partial charge in [0.15, 0.2) is 0 Å². The number of benzene rings is 1. The summed E-state index contributed by atoms with van der Waals surface area (Å²) in [4.78, 5) is 25.3. The SMILES string of the molecule is CC(C)CCN1C(=O)C(=O)c2cc(Br)cc(Cl)c21. The fourth-order valence-corrected chi connectivity index (χ4v) is 2.86. The van der Waals surface area contributed by atoms with Crippen LogP contribution in [0, 0.1) is 5.92 Å². The van der Waals surface area contributed by atoms with Crippen molar-refractivity contribution in [3.63, 3.8) is 0 Å². The summed E-state index contributed by atoms with van der Waals surface area (Å²) in [5.74, 6) is -0.492. The first-order valence-electron chi connectivity index (χ1n) is 5.77. The molecule has 0 fully saturated rings. The maximum atomic E-state index is 11.9. The van der Waals surface area contributed by atoms with E-state index in [-0.39, 0.29) is 0 Å². The van der Waals surface area contributed by atoms with E-state index in [9.17, 15) is 9.59 Å². The van der Waals surface area contributed by atoms with Gasteiger partial charge in [-0.1, -0.05) is 41.4 Å². The van der Waals surface area contributed by atoms with Crippen LogP contribution in [0.2, 0.25) is 5.02 Å². The highest BCUT2D eigenvalue weighted by molar-refractivity contribution is 9.10. The number of carbonyl (C=O) groups is 2. The van der Waals surface area contributed by atoms with E-state index in [0.29, 0.717) is 33.2 Å². The molecule has 0 radical (unpaired) electrons. The van der Waals surface area contributed by atoms with E-state index in [1.165, 1.54) is 4.90 Å². The smallest absolute Gasteiger partial charge is 0.299 e. The molecule has 1 aliphatic heterocycles. The predicted molar refractivity (Wildman–Crippen MR) is 75.3 cm³/mol. The van der Waals surface area contributed by atoms with E-state index in [1.54, 1.807) is 12.1 Å². The molecular weight excluding hydrogens is 318 g/mol. The van der Waals surface area contributed by atoms with Gasteiger partial charge >= 0.3 is 0 Å². The van der Waals surface area contributed by atoms with Gasteiger partial charge in [0.2, 0.25) is 0 Å². The molecule has 0 saturated carbocycles. The van der Waals surface area contributed by atoms with E-state index in [1.807, 2.05) is 0 Å². The molecule has 18 heavy (non-hydrogen) atoms.